The third-order valence-electron chi connectivity index (χ3n) is 2.97. The van der Waals surface area contributed by atoms with E-state index in [-0.39, 0.29) is 11.5 Å². The Bertz CT molecular complexity index is 457. The van der Waals surface area contributed by atoms with Crippen molar-refractivity contribution in [1.29, 1.82) is 0 Å². The summed E-state index contributed by atoms with van der Waals surface area (Å²) in [6, 6.07) is 5.34. The molecule has 2 unspecified atom stereocenters. The molecule has 0 saturated carbocycles. The summed E-state index contributed by atoms with van der Waals surface area (Å²) < 4.78 is 12.4. The molecular weight excluding hydrogens is 301 g/mol. The van der Waals surface area contributed by atoms with Crippen molar-refractivity contribution in [3.05, 3.63) is 28.2 Å². The van der Waals surface area contributed by atoms with Gasteiger partial charge in [-0.3, -0.25) is 4.21 Å². The van der Waals surface area contributed by atoms with Crippen molar-refractivity contribution in [2.45, 2.75) is 38.6 Å². The molecule has 1 aromatic carbocycles. The maximum absolute atomic E-state index is 12.4. The van der Waals surface area contributed by atoms with Crippen molar-refractivity contribution >= 4 is 34.0 Å². The predicted molar refractivity (Wildman–Crippen MR) is 84.7 cm³/mol. The molecule has 2 atom stereocenters. The first-order valence-electron chi connectivity index (χ1n) is 6.32. The molecule has 1 aromatic rings. The van der Waals surface area contributed by atoms with Gasteiger partial charge in [-0.15, -0.1) is 0 Å². The van der Waals surface area contributed by atoms with Crippen LogP contribution in [-0.4, -0.2) is 22.5 Å². The van der Waals surface area contributed by atoms with Crippen LogP contribution >= 0.6 is 23.2 Å². The Kier molecular flexibility index (Phi) is 6.31. The zero-order chi connectivity index (χ0) is 14.6. The topological polar surface area (TPSA) is 29.1 Å². The van der Waals surface area contributed by atoms with Gasteiger partial charge in [0, 0.05) is 16.7 Å². The van der Waals surface area contributed by atoms with Gasteiger partial charge in [-0.05, 0) is 30.2 Å². The van der Waals surface area contributed by atoms with Crippen LogP contribution in [0.5, 0.6) is 0 Å². The molecule has 0 amide bonds. The highest BCUT2D eigenvalue weighted by molar-refractivity contribution is 7.85. The van der Waals surface area contributed by atoms with Gasteiger partial charge in [-0.25, -0.2) is 0 Å². The summed E-state index contributed by atoms with van der Waals surface area (Å²) in [5, 5.41) is 4.33. The van der Waals surface area contributed by atoms with E-state index in [0.29, 0.717) is 15.8 Å². The molecule has 0 aliphatic heterocycles. The number of rotatable bonds is 5. The summed E-state index contributed by atoms with van der Waals surface area (Å²) >= 11 is 11.8. The fraction of sp³-hybridized carbons (Fsp3) is 0.571. The Hall–Kier alpha value is -0.0900. The maximum Gasteiger partial charge on any atom is 0.0604 e. The second kappa shape index (κ2) is 7.07. The minimum absolute atomic E-state index is 0.0574. The molecule has 0 saturated heterocycles. The summed E-state index contributed by atoms with van der Waals surface area (Å²) in [5.41, 5.74) is 0.0574. The summed E-state index contributed by atoms with van der Waals surface area (Å²) in [6.07, 6.45) is 0. The van der Waals surface area contributed by atoms with E-state index in [4.69, 9.17) is 23.2 Å². The molecule has 108 valence electrons. The average molecular weight is 322 g/mol. The van der Waals surface area contributed by atoms with E-state index in [9.17, 15) is 4.21 Å². The Morgan fingerprint density at radius 3 is 2.37 bits per heavy atom. The smallest absolute Gasteiger partial charge is 0.0604 e. The minimum Gasteiger partial charge on any atom is -0.313 e. The Morgan fingerprint density at radius 1 is 1.26 bits per heavy atom. The maximum atomic E-state index is 12.4. The van der Waals surface area contributed by atoms with Crippen LogP contribution in [-0.2, 0) is 10.8 Å². The standard InChI is InChI=1S/C14H21Cl2NOS/c1-5-17-13(14(2,3)4)9-19(18)10-6-7-11(15)12(16)8-10/h6-8,13,17H,5,9H2,1-4H3. The van der Waals surface area contributed by atoms with E-state index in [1.54, 1.807) is 18.2 Å². The van der Waals surface area contributed by atoms with Crippen LogP contribution in [0.4, 0.5) is 0 Å². The molecule has 0 bridgehead atoms. The Balaban J connectivity index is 2.84. The van der Waals surface area contributed by atoms with Crippen LogP contribution in [0.15, 0.2) is 23.1 Å². The molecule has 0 aromatic heterocycles. The predicted octanol–water partition coefficient (Wildman–Crippen LogP) is 4.13. The van der Waals surface area contributed by atoms with Gasteiger partial charge >= 0.3 is 0 Å². The number of hydrogen-bond donors (Lipinski definition) is 1. The van der Waals surface area contributed by atoms with Gasteiger partial charge in [-0.2, -0.15) is 0 Å². The Labute approximate surface area is 128 Å². The van der Waals surface area contributed by atoms with E-state index >= 15 is 0 Å². The first-order valence-corrected chi connectivity index (χ1v) is 8.40. The lowest BCUT2D eigenvalue weighted by atomic mass is 9.88. The van der Waals surface area contributed by atoms with E-state index in [1.807, 2.05) is 0 Å². The van der Waals surface area contributed by atoms with Crippen LogP contribution in [0.2, 0.25) is 10.0 Å². The molecule has 0 aliphatic rings. The highest BCUT2D eigenvalue weighted by Gasteiger charge is 2.26. The molecule has 5 heteroatoms. The average Bonchev–Trinajstić information content (AvgIpc) is 2.30. The van der Waals surface area contributed by atoms with Gasteiger partial charge in [-0.1, -0.05) is 50.9 Å². The third kappa shape index (κ3) is 5.07. The van der Waals surface area contributed by atoms with E-state index in [0.717, 1.165) is 11.4 Å². The lowest BCUT2D eigenvalue weighted by Gasteiger charge is -2.31. The zero-order valence-corrected chi connectivity index (χ0v) is 14.1. The molecule has 0 radical (unpaired) electrons. The third-order valence-corrected chi connectivity index (χ3v) is 5.12. The summed E-state index contributed by atoms with van der Waals surface area (Å²) in [7, 11) is -1.09. The molecule has 1 rings (SSSR count). The molecule has 0 fully saturated rings. The second-order valence-corrected chi connectivity index (χ2v) is 7.87. The van der Waals surface area contributed by atoms with Crippen molar-refractivity contribution in [2.24, 2.45) is 5.41 Å². The van der Waals surface area contributed by atoms with Gasteiger partial charge in [0.15, 0.2) is 0 Å². The first kappa shape index (κ1) is 17.0. The first-order chi connectivity index (χ1) is 8.75. The van der Waals surface area contributed by atoms with Crippen LogP contribution in [0.1, 0.15) is 27.7 Å². The molecule has 0 aliphatic carbocycles. The number of benzene rings is 1. The molecule has 1 N–H and O–H groups in total. The van der Waals surface area contributed by atoms with Crippen LogP contribution in [0.3, 0.4) is 0 Å². The Morgan fingerprint density at radius 2 is 1.89 bits per heavy atom. The number of nitrogens with one attached hydrogen (secondary N) is 1. The quantitative estimate of drug-likeness (QED) is 0.883. The highest BCUT2D eigenvalue weighted by Crippen LogP contribution is 2.26. The van der Waals surface area contributed by atoms with E-state index in [1.165, 1.54) is 0 Å². The second-order valence-electron chi connectivity index (χ2n) is 5.56. The fourth-order valence-corrected chi connectivity index (χ4v) is 3.67. The largest absolute Gasteiger partial charge is 0.313 e. The number of halogens is 2. The molecule has 2 nitrogen and oxygen atoms in total. The summed E-state index contributed by atoms with van der Waals surface area (Å²) in [4.78, 5) is 0.724. The van der Waals surface area contributed by atoms with Crippen LogP contribution < -0.4 is 5.32 Å². The molecule has 0 heterocycles. The fourth-order valence-electron chi connectivity index (χ4n) is 1.73. The van der Waals surface area contributed by atoms with Crippen molar-refractivity contribution in [2.75, 3.05) is 12.3 Å². The van der Waals surface area contributed by atoms with Crippen LogP contribution in [0.25, 0.3) is 0 Å². The monoisotopic (exact) mass is 321 g/mol. The SMILES string of the molecule is CCNC(CS(=O)c1ccc(Cl)c(Cl)c1)C(C)(C)C. The van der Waals surface area contributed by atoms with Crippen molar-refractivity contribution < 1.29 is 4.21 Å². The summed E-state index contributed by atoms with van der Waals surface area (Å²) in [5.74, 6) is 0.565. The van der Waals surface area contributed by atoms with E-state index in [2.05, 4.69) is 33.0 Å². The van der Waals surface area contributed by atoms with Gasteiger partial charge in [0.25, 0.3) is 0 Å². The van der Waals surface area contributed by atoms with Crippen molar-refractivity contribution in [3.63, 3.8) is 0 Å². The number of hydrogen-bond acceptors (Lipinski definition) is 2. The summed E-state index contributed by atoms with van der Waals surface area (Å²) in [6.45, 7) is 9.35. The lowest BCUT2D eigenvalue weighted by molar-refractivity contribution is 0.294. The van der Waals surface area contributed by atoms with Gasteiger partial charge in [0.05, 0.1) is 20.8 Å². The van der Waals surface area contributed by atoms with Gasteiger partial charge in [0.1, 0.15) is 0 Å². The minimum atomic E-state index is -1.09. The van der Waals surface area contributed by atoms with Gasteiger partial charge < -0.3 is 5.32 Å². The lowest BCUT2D eigenvalue weighted by Crippen LogP contribution is -2.44. The van der Waals surface area contributed by atoms with E-state index < -0.39 is 10.8 Å². The van der Waals surface area contributed by atoms with Crippen molar-refractivity contribution in [3.8, 4) is 0 Å². The van der Waals surface area contributed by atoms with Gasteiger partial charge in [0.2, 0.25) is 0 Å². The highest BCUT2D eigenvalue weighted by atomic mass is 35.5. The molecular formula is C14H21Cl2NOS. The van der Waals surface area contributed by atoms with Crippen molar-refractivity contribution in [1.82, 2.24) is 5.32 Å². The van der Waals surface area contributed by atoms with Crippen LogP contribution in [0, 0.1) is 5.41 Å². The molecule has 0 spiro atoms. The normalized spacial score (nSPS) is 15.3. The molecule has 19 heavy (non-hydrogen) atoms. The zero-order valence-electron chi connectivity index (χ0n) is 11.8.